The zero-order valence-corrected chi connectivity index (χ0v) is 37.9. The quantitative estimate of drug-likeness (QED) is 0.153. The van der Waals surface area contributed by atoms with Crippen LogP contribution in [0.2, 0.25) is 0 Å². The fraction of sp³-hybridized carbons (Fsp3) is 0.154. The molecule has 0 saturated carbocycles. The summed E-state index contributed by atoms with van der Waals surface area (Å²) in [5.74, 6) is 0. The molecule has 6 nitrogen and oxygen atoms in total. The van der Waals surface area contributed by atoms with Crippen molar-refractivity contribution < 1.29 is 16.8 Å². The van der Waals surface area contributed by atoms with Gasteiger partial charge in [0.05, 0.1) is 32.5 Å². The maximum atomic E-state index is 15.5. The van der Waals surface area contributed by atoms with Crippen LogP contribution in [0.4, 0.5) is 22.7 Å². The first kappa shape index (κ1) is 40.4. The molecule has 1 heterocycles. The van der Waals surface area contributed by atoms with E-state index in [1.165, 1.54) is 19.9 Å². The van der Waals surface area contributed by atoms with E-state index in [1.807, 2.05) is 171 Å². The molecule has 9 heteroatoms. The lowest BCUT2D eigenvalue weighted by molar-refractivity contribution is 0.595. The SMILES string of the molecule is Cc1ccc(N(c2ccc(C)cc2C)S(=O)(=O)c2ccc3ccc4c(sc5cc(S(=O)(=O)N(c6ccc(C)cc6C)c6ccc(C)cc6C)c6ccccc6c54)c3c2)c(C)c1. The van der Waals surface area contributed by atoms with Crippen LogP contribution >= 0.6 is 11.3 Å². The van der Waals surface area contributed by atoms with Crippen molar-refractivity contribution in [3.8, 4) is 0 Å². The summed E-state index contributed by atoms with van der Waals surface area (Å²) in [6, 6.07) is 42.3. The molecule has 0 fully saturated rings. The van der Waals surface area contributed by atoms with Gasteiger partial charge in [0.15, 0.2) is 0 Å². The molecule has 0 spiro atoms. The Hall–Kier alpha value is -6.00. The van der Waals surface area contributed by atoms with E-state index >= 15 is 16.8 Å². The predicted molar refractivity (Wildman–Crippen MR) is 257 cm³/mol. The van der Waals surface area contributed by atoms with E-state index in [0.717, 1.165) is 80.8 Å². The van der Waals surface area contributed by atoms with Crippen molar-refractivity contribution >= 4 is 95.9 Å². The topological polar surface area (TPSA) is 74.8 Å². The van der Waals surface area contributed by atoms with Gasteiger partial charge in [0.1, 0.15) is 0 Å². The Kier molecular flexibility index (Phi) is 9.85. The molecule has 306 valence electrons. The molecular formula is C52H46N2O4S3. The number of rotatable bonds is 8. The van der Waals surface area contributed by atoms with Crippen LogP contribution in [0.1, 0.15) is 44.5 Å². The number of benzene rings is 8. The minimum Gasteiger partial charge on any atom is -0.234 e. The second kappa shape index (κ2) is 14.9. The molecule has 0 aliphatic carbocycles. The van der Waals surface area contributed by atoms with Gasteiger partial charge in [-0.3, -0.25) is 0 Å². The molecule has 9 rings (SSSR count). The molecule has 61 heavy (non-hydrogen) atoms. The van der Waals surface area contributed by atoms with Gasteiger partial charge >= 0.3 is 0 Å². The number of nitrogens with zero attached hydrogens (tertiary/aromatic N) is 2. The van der Waals surface area contributed by atoms with Crippen molar-refractivity contribution in [1.29, 1.82) is 0 Å². The van der Waals surface area contributed by atoms with Gasteiger partial charge in [-0.05, 0) is 131 Å². The van der Waals surface area contributed by atoms with Crippen LogP contribution in [-0.4, -0.2) is 16.8 Å². The third-order valence-corrected chi connectivity index (χ3v) is 16.4. The molecule has 0 radical (unpaired) electrons. The first-order chi connectivity index (χ1) is 29.0. The molecule has 0 bridgehead atoms. The van der Waals surface area contributed by atoms with Gasteiger partial charge in [-0.15, -0.1) is 11.3 Å². The molecule has 1 aromatic heterocycles. The summed E-state index contributed by atoms with van der Waals surface area (Å²) in [5, 5.41) is 4.95. The maximum absolute atomic E-state index is 15.5. The number of hydrogen-bond acceptors (Lipinski definition) is 5. The van der Waals surface area contributed by atoms with Crippen LogP contribution in [0.5, 0.6) is 0 Å². The highest BCUT2D eigenvalue weighted by molar-refractivity contribution is 7.93. The highest BCUT2D eigenvalue weighted by Crippen LogP contribution is 2.47. The lowest BCUT2D eigenvalue weighted by atomic mass is 10.0. The van der Waals surface area contributed by atoms with Crippen molar-refractivity contribution in [2.45, 2.75) is 65.2 Å². The summed E-state index contributed by atoms with van der Waals surface area (Å²) in [6.07, 6.45) is 0. The third-order valence-electron chi connectivity index (χ3n) is 11.7. The van der Waals surface area contributed by atoms with E-state index in [0.29, 0.717) is 28.1 Å². The number of sulfonamides is 2. The van der Waals surface area contributed by atoms with E-state index in [1.54, 1.807) is 12.1 Å². The lowest BCUT2D eigenvalue weighted by Crippen LogP contribution is -2.28. The van der Waals surface area contributed by atoms with Crippen LogP contribution in [0.3, 0.4) is 0 Å². The number of fused-ring (bicyclic) bond motifs is 7. The number of anilines is 4. The molecule has 0 aliphatic heterocycles. The minimum atomic E-state index is -4.22. The van der Waals surface area contributed by atoms with Crippen LogP contribution in [0.25, 0.3) is 41.7 Å². The summed E-state index contributed by atoms with van der Waals surface area (Å²) >= 11 is 1.49. The largest absolute Gasteiger partial charge is 0.269 e. The summed E-state index contributed by atoms with van der Waals surface area (Å²) < 4.78 is 65.9. The molecule has 0 atom stereocenters. The Morgan fingerprint density at radius 2 is 0.852 bits per heavy atom. The highest BCUT2D eigenvalue weighted by Gasteiger charge is 2.33. The van der Waals surface area contributed by atoms with E-state index in [2.05, 4.69) is 6.07 Å². The maximum Gasteiger partial charge on any atom is 0.269 e. The van der Waals surface area contributed by atoms with Gasteiger partial charge in [-0.25, -0.2) is 25.4 Å². The second-order valence-corrected chi connectivity index (χ2v) is 21.0. The van der Waals surface area contributed by atoms with E-state index in [9.17, 15) is 0 Å². The number of thiophene rings is 1. The Labute approximate surface area is 362 Å². The molecular weight excluding hydrogens is 813 g/mol. The van der Waals surface area contributed by atoms with Crippen LogP contribution in [0, 0.1) is 55.4 Å². The summed E-state index contributed by atoms with van der Waals surface area (Å²) in [5.41, 5.74) is 9.94. The predicted octanol–water partition coefficient (Wildman–Crippen LogP) is 13.9. The number of hydrogen-bond donors (Lipinski definition) is 0. The first-order valence-electron chi connectivity index (χ1n) is 20.2. The summed E-state index contributed by atoms with van der Waals surface area (Å²) in [7, 11) is -8.37. The monoisotopic (exact) mass is 858 g/mol. The fourth-order valence-corrected chi connectivity index (χ4v) is 13.7. The molecule has 0 N–H and O–H groups in total. The van der Waals surface area contributed by atoms with Crippen molar-refractivity contribution in [2.24, 2.45) is 0 Å². The molecule has 0 unspecified atom stereocenters. The minimum absolute atomic E-state index is 0.163. The zero-order chi connectivity index (χ0) is 43.1. The van der Waals surface area contributed by atoms with Crippen molar-refractivity contribution in [1.82, 2.24) is 0 Å². The Balaban J connectivity index is 1.28. The first-order valence-corrected chi connectivity index (χ1v) is 23.9. The van der Waals surface area contributed by atoms with Crippen molar-refractivity contribution in [3.05, 3.63) is 178 Å². The standard InChI is InChI=1S/C52H46N2O4S3/c1-31-13-21-45(35(5)25-31)53(46-22-14-32(2)26-36(46)6)60(55,56)40-19-17-39-18-20-43-51-42-12-10-9-11-41(42)50(30-49(51)59-52(43)44(39)29-40)61(57,58)54(47-23-15-33(3)27-37(47)7)48-24-16-34(4)28-38(48)8/h9-30H,1-8H3. The smallest absolute Gasteiger partial charge is 0.234 e. The Morgan fingerprint density at radius 1 is 0.410 bits per heavy atom. The third kappa shape index (κ3) is 6.76. The molecule has 0 amide bonds. The summed E-state index contributed by atoms with van der Waals surface area (Å²) in [4.78, 5) is 0.364. The zero-order valence-electron chi connectivity index (χ0n) is 35.5. The second-order valence-electron chi connectivity index (χ2n) is 16.4. The average Bonchev–Trinajstić information content (AvgIpc) is 3.60. The van der Waals surface area contributed by atoms with Gasteiger partial charge in [-0.1, -0.05) is 113 Å². The highest BCUT2D eigenvalue weighted by atomic mass is 32.2. The van der Waals surface area contributed by atoms with E-state index in [4.69, 9.17) is 0 Å². The van der Waals surface area contributed by atoms with Gasteiger partial charge in [0.2, 0.25) is 0 Å². The van der Waals surface area contributed by atoms with Gasteiger partial charge in [-0.2, -0.15) is 0 Å². The van der Waals surface area contributed by atoms with Crippen LogP contribution < -0.4 is 8.61 Å². The molecule has 0 saturated heterocycles. The molecule has 8 aromatic carbocycles. The normalized spacial score (nSPS) is 12.2. The number of aryl methyl sites for hydroxylation is 8. The molecule has 0 aliphatic rings. The summed E-state index contributed by atoms with van der Waals surface area (Å²) in [6.45, 7) is 15.8. The Morgan fingerprint density at radius 3 is 1.33 bits per heavy atom. The average molecular weight is 859 g/mol. The van der Waals surface area contributed by atoms with E-state index in [-0.39, 0.29) is 9.79 Å². The van der Waals surface area contributed by atoms with Gasteiger partial charge in [0.25, 0.3) is 20.0 Å². The van der Waals surface area contributed by atoms with E-state index < -0.39 is 20.0 Å². The van der Waals surface area contributed by atoms with Crippen LogP contribution in [-0.2, 0) is 20.0 Å². The van der Waals surface area contributed by atoms with Crippen LogP contribution in [0.15, 0.2) is 143 Å². The van der Waals surface area contributed by atoms with Crippen molar-refractivity contribution in [3.63, 3.8) is 0 Å². The Bertz CT molecular complexity index is 3410. The molecule has 9 aromatic rings. The van der Waals surface area contributed by atoms with Crippen molar-refractivity contribution in [2.75, 3.05) is 8.61 Å². The lowest BCUT2D eigenvalue weighted by Gasteiger charge is -2.28. The van der Waals surface area contributed by atoms with Gasteiger partial charge < -0.3 is 0 Å². The fourth-order valence-electron chi connectivity index (χ4n) is 8.85. The van der Waals surface area contributed by atoms with Gasteiger partial charge in [0, 0.05) is 30.9 Å².